The smallest absolute Gasteiger partial charge is 0.169 e. The minimum Gasteiger partial charge on any atom is -0.373 e. The predicted octanol–water partition coefficient (Wildman–Crippen LogP) is 6.31. The quantitative estimate of drug-likeness (QED) is 0.457. The summed E-state index contributed by atoms with van der Waals surface area (Å²) < 4.78 is 2.83. The molecule has 1 aromatic carbocycles. The molecular formula is C24H44N2Si2. The first kappa shape index (κ1) is 23.4. The molecular weight excluding hydrogens is 372 g/mol. The molecule has 0 fully saturated rings. The van der Waals surface area contributed by atoms with Gasteiger partial charge in [-0.3, -0.25) is 0 Å². The molecule has 0 bridgehead atoms. The van der Waals surface area contributed by atoms with Gasteiger partial charge in [0.15, 0.2) is 8.24 Å². The molecule has 4 heteroatoms. The maximum Gasteiger partial charge on any atom is 0.169 e. The van der Waals surface area contributed by atoms with E-state index in [0.29, 0.717) is 16.6 Å². The first-order valence-electron chi connectivity index (χ1n) is 11.1. The monoisotopic (exact) mass is 416 g/mol. The summed E-state index contributed by atoms with van der Waals surface area (Å²) in [5.41, 5.74) is 5.21. The topological polar surface area (TPSA) is 8.17 Å². The molecule has 1 aromatic heterocycles. The van der Waals surface area contributed by atoms with Gasteiger partial charge in [-0.2, -0.15) is 0 Å². The summed E-state index contributed by atoms with van der Waals surface area (Å²) in [5, 5.41) is 3.22. The van der Waals surface area contributed by atoms with Crippen LogP contribution in [0.1, 0.15) is 47.1 Å². The number of fused-ring (bicyclic) bond motifs is 1. The van der Waals surface area contributed by atoms with Crippen molar-refractivity contribution in [1.29, 1.82) is 0 Å². The van der Waals surface area contributed by atoms with Gasteiger partial charge < -0.3 is 9.13 Å². The third-order valence-electron chi connectivity index (χ3n) is 6.74. The molecule has 28 heavy (non-hydrogen) atoms. The fraction of sp³-hybridized carbons (Fsp3) is 0.667. The van der Waals surface area contributed by atoms with Gasteiger partial charge >= 0.3 is 0 Å². The molecule has 0 saturated carbocycles. The van der Waals surface area contributed by atoms with Crippen LogP contribution in [-0.2, 0) is 6.42 Å². The van der Waals surface area contributed by atoms with Crippen LogP contribution in [0.15, 0.2) is 24.4 Å². The van der Waals surface area contributed by atoms with Crippen LogP contribution in [0.2, 0.25) is 36.3 Å². The SMILES string of the molecule is CC(C)[Si](C(C)C)(C(C)C)n1cc(CCN(C)C)c2c([Si](C)(C)C)cccc21. The zero-order valence-corrected chi connectivity index (χ0v) is 22.4. The van der Waals surface area contributed by atoms with E-state index in [0.717, 1.165) is 13.0 Å². The second-order valence-corrected chi connectivity index (χ2v) is 21.6. The van der Waals surface area contributed by atoms with Crippen LogP contribution >= 0.6 is 0 Å². The van der Waals surface area contributed by atoms with E-state index in [9.17, 15) is 0 Å². The first-order chi connectivity index (χ1) is 12.8. The van der Waals surface area contributed by atoms with Crippen LogP contribution in [0.25, 0.3) is 10.9 Å². The first-order valence-corrected chi connectivity index (χ1v) is 16.8. The predicted molar refractivity (Wildman–Crippen MR) is 134 cm³/mol. The van der Waals surface area contributed by atoms with E-state index in [1.807, 2.05) is 0 Å². The fourth-order valence-corrected chi connectivity index (χ4v) is 14.0. The summed E-state index contributed by atoms with van der Waals surface area (Å²) in [5.74, 6) is 0. The molecule has 0 amide bonds. The lowest BCUT2D eigenvalue weighted by molar-refractivity contribution is 0.414. The van der Waals surface area contributed by atoms with Crippen molar-refractivity contribution in [3.05, 3.63) is 30.0 Å². The second-order valence-electron chi connectivity index (χ2n) is 10.9. The molecule has 1 heterocycles. The highest BCUT2D eigenvalue weighted by Crippen LogP contribution is 2.44. The average molecular weight is 417 g/mol. The van der Waals surface area contributed by atoms with Gasteiger partial charge in [-0.15, -0.1) is 0 Å². The lowest BCUT2D eigenvalue weighted by atomic mass is 10.1. The van der Waals surface area contributed by atoms with E-state index >= 15 is 0 Å². The second kappa shape index (κ2) is 8.49. The fourth-order valence-electron chi connectivity index (χ4n) is 5.68. The van der Waals surface area contributed by atoms with Crippen molar-refractivity contribution in [3.8, 4) is 0 Å². The van der Waals surface area contributed by atoms with Gasteiger partial charge in [0.2, 0.25) is 0 Å². The Morgan fingerprint density at radius 1 is 0.893 bits per heavy atom. The number of rotatable bonds is 8. The van der Waals surface area contributed by atoms with Crippen molar-refractivity contribution in [1.82, 2.24) is 9.13 Å². The van der Waals surface area contributed by atoms with Gasteiger partial charge in [0.25, 0.3) is 0 Å². The van der Waals surface area contributed by atoms with Crippen molar-refractivity contribution in [2.75, 3.05) is 20.6 Å². The molecule has 0 spiro atoms. The van der Waals surface area contributed by atoms with Gasteiger partial charge in [-0.05, 0) is 55.0 Å². The Kier molecular flexibility index (Phi) is 7.10. The van der Waals surface area contributed by atoms with Gasteiger partial charge in [0.1, 0.15) is 0 Å². The van der Waals surface area contributed by atoms with Gasteiger partial charge in [-0.25, -0.2) is 0 Å². The normalized spacial score (nSPS) is 13.7. The highest BCUT2D eigenvalue weighted by molar-refractivity contribution is 6.90. The number of nitrogens with zero attached hydrogens (tertiary/aromatic N) is 2. The Labute approximate surface area is 176 Å². The average Bonchev–Trinajstić information content (AvgIpc) is 2.90. The molecule has 0 aliphatic heterocycles. The van der Waals surface area contributed by atoms with Gasteiger partial charge in [0, 0.05) is 17.4 Å². The summed E-state index contributed by atoms with van der Waals surface area (Å²) in [4.78, 5) is 2.32. The molecule has 0 atom stereocenters. The molecule has 0 aliphatic rings. The van der Waals surface area contributed by atoms with E-state index in [-0.39, 0.29) is 0 Å². The Hall–Kier alpha value is -0.846. The third kappa shape index (κ3) is 4.06. The lowest BCUT2D eigenvalue weighted by Crippen LogP contribution is -2.51. The molecule has 0 N–H and O–H groups in total. The standard InChI is InChI=1S/C24H44N2Si2/c1-18(2)28(19(3)4,20(5)6)26-17-21(15-16-25(7)8)24-22(26)13-12-14-23(24)27(9,10)11/h12-14,17-20H,15-16H2,1-11H3. The largest absolute Gasteiger partial charge is 0.373 e. The van der Waals surface area contributed by atoms with Crippen molar-refractivity contribution in [3.63, 3.8) is 0 Å². The molecule has 0 unspecified atom stereocenters. The zero-order valence-electron chi connectivity index (χ0n) is 20.4. The maximum atomic E-state index is 2.83. The van der Waals surface area contributed by atoms with Crippen molar-refractivity contribution >= 4 is 32.4 Å². The summed E-state index contributed by atoms with van der Waals surface area (Å²) in [6.45, 7) is 23.4. The number of hydrogen-bond donors (Lipinski definition) is 0. The van der Waals surface area contributed by atoms with Crippen LogP contribution in [0.5, 0.6) is 0 Å². The highest BCUT2D eigenvalue weighted by atomic mass is 28.3. The van der Waals surface area contributed by atoms with Crippen LogP contribution in [0, 0.1) is 0 Å². The van der Waals surface area contributed by atoms with Crippen LogP contribution < -0.4 is 5.19 Å². The van der Waals surface area contributed by atoms with Crippen LogP contribution in [0.4, 0.5) is 0 Å². The summed E-state index contributed by atoms with van der Waals surface area (Å²) in [6.07, 6.45) is 3.72. The molecule has 2 rings (SSSR count). The van der Waals surface area contributed by atoms with E-state index in [1.54, 1.807) is 16.1 Å². The van der Waals surface area contributed by atoms with Crippen LogP contribution in [0.3, 0.4) is 0 Å². The third-order valence-corrected chi connectivity index (χ3v) is 15.5. The van der Waals surface area contributed by atoms with E-state index in [4.69, 9.17) is 0 Å². The van der Waals surface area contributed by atoms with E-state index in [2.05, 4.69) is 109 Å². The molecule has 0 aliphatic carbocycles. The number of likely N-dealkylation sites (N-methyl/N-ethyl adjacent to an activating group) is 1. The van der Waals surface area contributed by atoms with Crippen molar-refractivity contribution in [2.45, 2.75) is 84.2 Å². The lowest BCUT2D eigenvalue weighted by Gasteiger charge is -2.44. The number of hydrogen-bond acceptors (Lipinski definition) is 1. The molecule has 2 nitrogen and oxygen atoms in total. The van der Waals surface area contributed by atoms with Crippen molar-refractivity contribution in [2.24, 2.45) is 0 Å². The molecule has 0 radical (unpaired) electrons. The Bertz CT molecular complexity index is 773. The molecule has 0 saturated heterocycles. The van der Waals surface area contributed by atoms with Gasteiger partial charge in [-0.1, -0.05) is 78.5 Å². The minimum atomic E-state index is -1.77. The number of benzene rings is 1. The van der Waals surface area contributed by atoms with Crippen LogP contribution in [-0.4, -0.2) is 46.1 Å². The minimum absolute atomic E-state index is 0.709. The maximum absolute atomic E-state index is 2.83. The Morgan fingerprint density at radius 3 is 1.86 bits per heavy atom. The summed E-state index contributed by atoms with van der Waals surface area (Å²) >= 11 is 0. The van der Waals surface area contributed by atoms with E-state index in [1.165, 1.54) is 5.52 Å². The molecule has 158 valence electrons. The van der Waals surface area contributed by atoms with Gasteiger partial charge in [0.05, 0.1) is 8.07 Å². The van der Waals surface area contributed by atoms with E-state index < -0.39 is 16.3 Å². The summed E-state index contributed by atoms with van der Waals surface area (Å²) in [6, 6.07) is 7.15. The summed E-state index contributed by atoms with van der Waals surface area (Å²) in [7, 11) is 1.19. The van der Waals surface area contributed by atoms with Crippen molar-refractivity contribution < 1.29 is 0 Å². The Morgan fingerprint density at radius 2 is 1.43 bits per heavy atom. The zero-order chi connectivity index (χ0) is 21.4. The highest BCUT2D eigenvalue weighted by Gasteiger charge is 2.46. The number of aromatic nitrogens is 1. The molecule has 2 aromatic rings. The Balaban J connectivity index is 2.91.